The van der Waals surface area contributed by atoms with Crippen molar-refractivity contribution in [1.82, 2.24) is 4.31 Å². The van der Waals surface area contributed by atoms with E-state index in [9.17, 15) is 13.2 Å². The quantitative estimate of drug-likeness (QED) is 0.914. The number of rotatable bonds is 3. The normalized spacial score (nSPS) is 21.0. The van der Waals surface area contributed by atoms with E-state index in [1.807, 2.05) is 6.92 Å². The zero-order valence-electron chi connectivity index (χ0n) is 12.1. The van der Waals surface area contributed by atoms with Crippen molar-refractivity contribution in [3.8, 4) is 0 Å². The highest BCUT2D eigenvalue weighted by Gasteiger charge is 2.30. The monoisotopic (exact) mass is 313 g/mol. The molecule has 1 heterocycles. The first-order valence-corrected chi connectivity index (χ1v) is 8.22. The second-order valence-corrected chi connectivity index (χ2v) is 7.04. The maximum atomic E-state index is 12.8. The van der Waals surface area contributed by atoms with Gasteiger partial charge in [0, 0.05) is 19.7 Å². The summed E-state index contributed by atoms with van der Waals surface area (Å²) in [5, 5.41) is 9.12. The second kappa shape index (κ2) is 6.13. The number of ether oxygens (including phenoxy) is 1. The van der Waals surface area contributed by atoms with E-state index in [1.54, 1.807) is 0 Å². The Balaban J connectivity index is 2.44. The minimum Gasteiger partial charge on any atom is -0.478 e. The first-order chi connectivity index (χ1) is 9.84. The van der Waals surface area contributed by atoms with Crippen molar-refractivity contribution in [2.45, 2.75) is 31.3 Å². The Bertz CT molecular complexity index is 641. The molecule has 0 saturated carbocycles. The molecule has 1 aromatic rings. The number of hydrogen-bond acceptors (Lipinski definition) is 4. The molecule has 7 heteroatoms. The number of carboxylic acids is 1. The van der Waals surface area contributed by atoms with Crippen molar-refractivity contribution in [3.63, 3.8) is 0 Å². The molecular weight excluding hydrogens is 294 g/mol. The summed E-state index contributed by atoms with van der Waals surface area (Å²) < 4.78 is 32.3. The third-order valence-electron chi connectivity index (χ3n) is 3.55. The van der Waals surface area contributed by atoms with Crippen LogP contribution >= 0.6 is 0 Å². The van der Waals surface area contributed by atoms with Gasteiger partial charge >= 0.3 is 5.97 Å². The minimum atomic E-state index is -3.71. The highest BCUT2D eigenvalue weighted by atomic mass is 32.2. The SMILES string of the molecule is Cc1c(C(=O)O)cccc1S(=O)(=O)N1CCCOC(C)C1. The average molecular weight is 313 g/mol. The molecule has 0 aliphatic carbocycles. The number of carbonyl (C=O) groups is 1. The smallest absolute Gasteiger partial charge is 0.335 e. The zero-order valence-corrected chi connectivity index (χ0v) is 12.9. The third-order valence-corrected chi connectivity index (χ3v) is 5.56. The van der Waals surface area contributed by atoms with Crippen LogP contribution in [-0.2, 0) is 14.8 Å². The number of aromatic carboxylic acids is 1. The van der Waals surface area contributed by atoms with Crippen LogP contribution < -0.4 is 0 Å². The molecule has 1 unspecified atom stereocenters. The van der Waals surface area contributed by atoms with Gasteiger partial charge in [-0.2, -0.15) is 4.31 Å². The highest BCUT2D eigenvalue weighted by Crippen LogP contribution is 2.24. The number of nitrogens with zero attached hydrogens (tertiary/aromatic N) is 1. The summed E-state index contributed by atoms with van der Waals surface area (Å²) in [7, 11) is -3.71. The van der Waals surface area contributed by atoms with Crippen molar-refractivity contribution in [2.24, 2.45) is 0 Å². The first-order valence-electron chi connectivity index (χ1n) is 6.78. The van der Waals surface area contributed by atoms with Gasteiger partial charge in [-0.05, 0) is 38.0 Å². The van der Waals surface area contributed by atoms with Gasteiger partial charge in [0.05, 0.1) is 16.6 Å². The topological polar surface area (TPSA) is 83.9 Å². The fourth-order valence-electron chi connectivity index (χ4n) is 2.44. The Hall–Kier alpha value is -1.44. The Morgan fingerprint density at radius 3 is 2.81 bits per heavy atom. The van der Waals surface area contributed by atoms with Gasteiger partial charge in [-0.15, -0.1) is 0 Å². The summed E-state index contributed by atoms with van der Waals surface area (Å²) in [6.07, 6.45) is 0.451. The zero-order chi connectivity index (χ0) is 15.6. The lowest BCUT2D eigenvalue weighted by Gasteiger charge is -2.23. The molecule has 1 atom stereocenters. The van der Waals surface area contributed by atoms with Crippen molar-refractivity contribution >= 4 is 16.0 Å². The Kier molecular flexibility index (Phi) is 4.65. The Morgan fingerprint density at radius 1 is 1.43 bits per heavy atom. The highest BCUT2D eigenvalue weighted by molar-refractivity contribution is 7.89. The maximum Gasteiger partial charge on any atom is 0.335 e. The van der Waals surface area contributed by atoms with Gasteiger partial charge in [0.15, 0.2) is 0 Å². The van der Waals surface area contributed by atoms with E-state index in [1.165, 1.54) is 29.4 Å². The molecule has 0 radical (unpaired) electrons. The van der Waals surface area contributed by atoms with Gasteiger partial charge in [0.2, 0.25) is 10.0 Å². The maximum absolute atomic E-state index is 12.8. The van der Waals surface area contributed by atoms with E-state index in [0.29, 0.717) is 19.6 Å². The molecule has 1 aromatic carbocycles. The molecule has 2 rings (SSSR count). The standard InChI is InChI=1S/C14H19NO5S/c1-10-9-15(7-4-8-20-10)21(18,19)13-6-3-5-12(11(13)2)14(16)17/h3,5-6,10H,4,7-9H2,1-2H3,(H,16,17). The van der Waals surface area contributed by atoms with Crippen LogP contribution in [0.15, 0.2) is 23.1 Å². The van der Waals surface area contributed by atoms with Crippen LogP contribution in [-0.4, -0.2) is 49.6 Å². The molecule has 1 aliphatic rings. The molecule has 116 valence electrons. The summed E-state index contributed by atoms with van der Waals surface area (Å²) >= 11 is 0. The van der Waals surface area contributed by atoms with E-state index < -0.39 is 16.0 Å². The summed E-state index contributed by atoms with van der Waals surface area (Å²) in [6.45, 7) is 4.53. The van der Waals surface area contributed by atoms with Gasteiger partial charge in [0.1, 0.15) is 0 Å². The molecule has 1 fully saturated rings. The van der Waals surface area contributed by atoms with Crippen LogP contribution in [0, 0.1) is 6.92 Å². The molecule has 1 N–H and O–H groups in total. The number of sulfonamides is 1. The lowest BCUT2D eigenvalue weighted by molar-refractivity contribution is 0.0695. The van der Waals surface area contributed by atoms with Gasteiger partial charge in [-0.3, -0.25) is 0 Å². The Labute approximate surface area is 124 Å². The number of carboxylic acid groups (broad SMARTS) is 1. The molecule has 6 nitrogen and oxygen atoms in total. The molecule has 0 aromatic heterocycles. The summed E-state index contributed by atoms with van der Waals surface area (Å²) in [6, 6.07) is 4.32. The fraction of sp³-hybridized carbons (Fsp3) is 0.500. The predicted molar refractivity (Wildman–Crippen MR) is 76.9 cm³/mol. The lowest BCUT2D eigenvalue weighted by atomic mass is 10.1. The second-order valence-electron chi connectivity index (χ2n) is 5.13. The van der Waals surface area contributed by atoms with Gasteiger partial charge in [-0.25, -0.2) is 13.2 Å². The molecule has 1 aliphatic heterocycles. The van der Waals surface area contributed by atoms with E-state index in [2.05, 4.69) is 0 Å². The van der Waals surface area contributed by atoms with Crippen molar-refractivity contribution in [2.75, 3.05) is 19.7 Å². The molecule has 1 saturated heterocycles. The summed E-state index contributed by atoms with van der Waals surface area (Å²) in [5.41, 5.74) is 0.276. The van der Waals surface area contributed by atoms with E-state index in [-0.39, 0.29) is 28.7 Å². The van der Waals surface area contributed by atoms with Gasteiger partial charge in [0.25, 0.3) is 0 Å². The van der Waals surface area contributed by atoms with E-state index >= 15 is 0 Å². The van der Waals surface area contributed by atoms with Crippen molar-refractivity contribution < 1.29 is 23.1 Å². The van der Waals surface area contributed by atoms with Crippen LogP contribution in [0.5, 0.6) is 0 Å². The summed E-state index contributed by atoms with van der Waals surface area (Å²) in [4.78, 5) is 11.2. The number of benzene rings is 1. The van der Waals surface area contributed by atoms with Gasteiger partial charge < -0.3 is 9.84 Å². The Morgan fingerprint density at radius 2 is 2.14 bits per heavy atom. The van der Waals surface area contributed by atoms with E-state index in [0.717, 1.165) is 0 Å². The van der Waals surface area contributed by atoms with Crippen LogP contribution in [0.1, 0.15) is 29.3 Å². The number of hydrogen-bond donors (Lipinski definition) is 1. The molecule has 0 bridgehead atoms. The molecule has 0 spiro atoms. The lowest BCUT2D eigenvalue weighted by Crippen LogP contribution is -2.36. The molecule has 0 amide bonds. The van der Waals surface area contributed by atoms with Crippen LogP contribution in [0.25, 0.3) is 0 Å². The van der Waals surface area contributed by atoms with Crippen molar-refractivity contribution in [3.05, 3.63) is 29.3 Å². The van der Waals surface area contributed by atoms with Crippen molar-refractivity contribution in [1.29, 1.82) is 0 Å². The summed E-state index contributed by atoms with van der Waals surface area (Å²) in [5.74, 6) is -1.13. The first kappa shape index (κ1) is 15.9. The minimum absolute atomic E-state index is 0.00944. The van der Waals surface area contributed by atoms with E-state index in [4.69, 9.17) is 9.84 Å². The predicted octanol–water partition coefficient (Wildman–Crippen LogP) is 1.49. The molecule has 21 heavy (non-hydrogen) atoms. The average Bonchev–Trinajstić information content (AvgIpc) is 2.63. The van der Waals surface area contributed by atoms with Gasteiger partial charge in [-0.1, -0.05) is 6.07 Å². The largest absolute Gasteiger partial charge is 0.478 e. The van der Waals surface area contributed by atoms with Crippen LogP contribution in [0.3, 0.4) is 0 Å². The van der Waals surface area contributed by atoms with Crippen LogP contribution in [0.4, 0.5) is 0 Å². The van der Waals surface area contributed by atoms with Crippen LogP contribution in [0.2, 0.25) is 0 Å². The third kappa shape index (κ3) is 3.25. The molecular formula is C14H19NO5S. The fourth-order valence-corrected chi connectivity index (χ4v) is 4.24.